The summed E-state index contributed by atoms with van der Waals surface area (Å²) in [4.78, 5) is 11.3. The zero-order chi connectivity index (χ0) is 14.4. The van der Waals surface area contributed by atoms with Crippen molar-refractivity contribution in [3.05, 3.63) is 10.7 Å². The summed E-state index contributed by atoms with van der Waals surface area (Å²) in [6.07, 6.45) is 5.44. The van der Waals surface area contributed by atoms with Crippen LogP contribution in [0.5, 0.6) is 0 Å². The molecular formula is C14H24BrN5. The van der Waals surface area contributed by atoms with Crippen LogP contribution in [0, 0.1) is 0 Å². The Hall–Kier alpha value is -0.880. The molecule has 0 spiro atoms. The van der Waals surface area contributed by atoms with Crippen molar-refractivity contribution >= 4 is 27.7 Å². The number of nitrogens with zero attached hydrogens (tertiary/aromatic N) is 3. The van der Waals surface area contributed by atoms with Gasteiger partial charge in [-0.2, -0.15) is 4.98 Å². The smallest absolute Gasteiger partial charge is 0.224 e. The molecule has 2 N–H and O–H groups in total. The van der Waals surface area contributed by atoms with Crippen LogP contribution in [0.1, 0.15) is 33.1 Å². The lowest BCUT2D eigenvalue weighted by atomic mass is 10.2. The quantitative estimate of drug-likeness (QED) is 0.798. The van der Waals surface area contributed by atoms with Gasteiger partial charge in [0.25, 0.3) is 0 Å². The molecule has 1 fully saturated rings. The van der Waals surface area contributed by atoms with Crippen molar-refractivity contribution in [1.82, 2.24) is 14.9 Å². The van der Waals surface area contributed by atoms with Crippen LogP contribution in [-0.4, -0.2) is 47.1 Å². The highest BCUT2D eigenvalue weighted by Gasteiger charge is 2.22. The van der Waals surface area contributed by atoms with Crippen molar-refractivity contribution < 1.29 is 0 Å². The van der Waals surface area contributed by atoms with Crippen molar-refractivity contribution in [2.75, 3.05) is 36.8 Å². The monoisotopic (exact) mass is 341 g/mol. The first kappa shape index (κ1) is 15.5. The van der Waals surface area contributed by atoms with Crippen LogP contribution < -0.4 is 10.6 Å². The van der Waals surface area contributed by atoms with E-state index in [0.717, 1.165) is 36.3 Å². The molecule has 6 heteroatoms. The molecule has 1 aromatic heterocycles. The summed E-state index contributed by atoms with van der Waals surface area (Å²) < 4.78 is 0.917. The highest BCUT2D eigenvalue weighted by atomic mass is 79.9. The molecule has 1 aliphatic heterocycles. The van der Waals surface area contributed by atoms with Gasteiger partial charge in [-0.3, -0.25) is 4.90 Å². The molecule has 0 radical (unpaired) electrons. The zero-order valence-electron chi connectivity index (χ0n) is 12.3. The first-order valence-corrected chi connectivity index (χ1v) is 8.28. The van der Waals surface area contributed by atoms with Crippen molar-refractivity contribution in [3.63, 3.8) is 0 Å². The lowest BCUT2D eigenvalue weighted by Gasteiger charge is -2.23. The van der Waals surface area contributed by atoms with Crippen molar-refractivity contribution in [2.24, 2.45) is 0 Å². The number of nitrogens with one attached hydrogen (secondary N) is 2. The number of aromatic nitrogens is 2. The fraction of sp³-hybridized carbons (Fsp3) is 0.714. The minimum Gasteiger partial charge on any atom is -0.367 e. The molecule has 2 rings (SSSR count). The topological polar surface area (TPSA) is 53.1 Å². The minimum absolute atomic E-state index is 0.619. The van der Waals surface area contributed by atoms with Gasteiger partial charge in [-0.1, -0.05) is 13.8 Å². The van der Waals surface area contributed by atoms with E-state index in [1.807, 2.05) is 0 Å². The molecular weight excluding hydrogens is 318 g/mol. The average Bonchev–Trinajstić information content (AvgIpc) is 2.92. The summed E-state index contributed by atoms with van der Waals surface area (Å²) >= 11 is 3.51. The summed E-state index contributed by atoms with van der Waals surface area (Å²) in [5.74, 6) is 1.57. The fourth-order valence-electron chi connectivity index (χ4n) is 2.57. The standard InChI is InChI=1S/C14H24BrN5/c1-3-7-16-14-18-10-12(15)13(19-14)17-9-11-6-5-8-20(11)4-2/h10-11H,3-9H2,1-2H3,(H2,16,17,18,19). The maximum absolute atomic E-state index is 4.52. The Morgan fingerprint density at radius 1 is 1.40 bits per heavy atom. The number of hydrogen-bond donors (Lipinski definition) is 2. The first-order chi connectivity index (χ1) is 9.74. The number of anilines is 2. The van der Waals surface area contributed by atoms with Gasteiger partial charge in [0, 0.05) is 25.3 Å². The van der Waals surface area contributed by atoms with Gasteiger partial charge < -0.3 is 10.6 Å². The van der Waals surface area contributed by atoms with E-state index in [1.165, 1.54) is 19.4 Å². The third-order valence-electron chi connectivity index (χ3n) is 3.69. The lowest BCUT2D eigenvalue weighted by Crippen LogP contribution is -2.34. The Balaban J connectivity index is 1.94. The number of likely N-dealkylation sites (N-methyl/N-ethyl adjacent to an activating group) is 1. The van der Waals surface area contributed by atoms with E-state index >= 15 is 0 Å². The van der Waals surface area contributed by atoms with Crippen molar-refractivity contribution in [2.45, 2.75) is 39.2 Å². The number of rotatable bonds is 7. The number of halogens is 1. The molecule has 20 heavy (non-hydrogen) atoms. The number of hydrogen-bond acceptors (Lipinski definition) is 5. The first-order valence-electron chi connectivity index (χ1n) is 7.49. The van der Waals surface area contributed by atoms with Gasteiger partial charge in [0.2, 0.25) is 5.95 Å². The van der Waals surface area contributed by atoms with Crippen LogP contribution in [0.2, 0.25) is 0 Å². The molecule has 1 atom stereocenters. The summed E-state index contributed by atoms with van der Waals surface area (Å²) in [6.45, 7) is 8.54. The van der Waals surface area contributed by atoms with Gasteiger partial charge in [0.1, 0.15) is 5.82 Å². The van der Waals surface area contributed by atoms with Crippen LogP contribution in [0.4, 0.5) is 11.8 Å². The predicted octanol–water partition coefficient (Wildman–Crippen LogP) is 2.96. The second-order valence-electron chi connectivity index (χ2n) is 5.12. The summed E-state index contributed by atoms with van der Waals surface area (Å²) in [5, 5.41) is 6.67. The predicted molar refractivity (Wildman–Crippen MR) is 87.3 cm³/mol. The van der Waals surface area contributed by atoms with E-state index in [1.54, 1.807) is 6.20 Å². The maximum atomic E-state index is 4.52. The maximum Gasteiger partial charge on any atom is 0.224 e. The van der Waals surface area contributed by atoms with Crippen LogP contribution in [0.15, 0.2) is 10.7 Å². The van der Waals surface area contributed by atoms with E-state index in [9.17, 15) is 0 Å². The molecule has 2 heterocycles. The fourth-order valence-corrected chi connectivity index (χ4v) is 2.90. The normalized spacial score (nSPS) is 19.2. The molecule has 1 aromatic rings. The van der Waals surface area contributed by atoms with Crippen LogP contribution >= 0.6 is 15.9 Å². The zero-order valence-corrected chi connectivity index (χ0v) is 13.9. The van der Waals surface area contributed by atoms with Gasteiger partial charge in [0.05, 0.1) is 4.47 Å². The molecule has 112 valence electrons. The summed E-state index contributed by atoms with van der Waals surface area (Å²) in [5.41, 5.74) is 0. The molecule has 0 amide bonds. The molecule has 1 aliphatic rings. The van der Waals surface area contributed by atoms with E-state index in [0.29, 0.717) is 12.0 Å². The highest BCUT2D eigenvalue weighted by Crippen LogP contribution is 2.22. The Bertz CT molecular complexity index is 426. The Morgan fingerprint density at radius 2 is 2.25 bits per heavy atom. The molecule has 0 saturated carbocycles. The Kier molecular flexibility index (Phi) is 6.04. The lowest BCUT2D eigenvalue weighted by molar-refractivity contribution is 0.277. The third-order valence-corrected chi connectivity index (χ3v) is 4.27. The Labute approximate surface area is 129 Å². The van der Waals surface area contributed by atoms with E-state index in [-0.39, 0.29) is 0 Å². The van der Waals surface area contributed by atoms with Crippen molar-refractivity contribution in [1.29, 1.82) is 0 Å². The highest BCUT2D eigenvalue weighted by molar-refractivity contribution is 9.10. The van der Waals surface area contributed by atoms with E-state index in [4.69, 9.17) is 0 Å². The molecule has 1 saturated heterocycles. The minimum atomic E-state index is 0.619. The van der Waals surface area contributed by atoms with Gasteiger partial charge in [0.15, 0.2) is 0 Å². The molecule has 0 aliphatic carbocycles. The summed E-state index contributed by atoms with van der Waals surface area (Å²) in [7, 11) is 0. The molecule has 0 bridgehead atoms. The SMILES string of the molecule is CCCNc1ncc(Br)c(NCC2CCCN2CC)n1. The second kappa shape index (κ2) is 7.78. The van der Waals surface area contributed by atoms with Gasteiger partial charge in [-0.15, -0.1) is 0 Å². The van der Waals surface area contributed by atoms with Crippen LogP contribution in [-0.2, 0) is 0 Å². The second-order valence-corrected chi connectivity index (χ2v) is 5.98. The van der Waals surface area contributed by atoms with E-state index in [2.05, 4.69) is 55.3 Å². The largest absolute Gasteiger partial charge is 0.367 e. The molecule has 1 unspecified atom stereocenters. The van der Waals surface area contributed by atoms with Crippen LogP contribution in [0.3, 0.4) is 0 Å². The van der Waals surface area contributed by atoms with Gasteiger partial charge in [-0.05, 0) is 48.3 Å². The Morgan fingerprint density at radius 3 is 3.00 bits per heavy atom. The van der Waals surface area contributed by atoms with Gasteiger partial charge >= 0.3 is 0 Å². The van der Waals surface area contributed by atoms with E-state index < -0.39 is 0 Å². The van der Waals surface area contributed by atoms with Crippen LogP contribution in [0.25, 0.3) is 0 Å². The third kappa shape index (κ3) is 4.06. The van der Waals surface area contributed by atoms with Crippen molar-refractivity contribution in [3.8, 4) is 0 Å². The average molecular weight is 342 g/mol. The van der Waals surface area contributed by atoms with Gasteiger partial charge in [-0.25, -0.2) is 4.98 Å². The number of likely N-dealkylation sites (tertiary alicyclic amines) is 1. The molecule has 5 nitrogen and oxygen atoms in total. The molecule has 0 aromatic carbocycles. The summed E-state index contributed by atoms with van der Waals surface area (Å²) in [6, 6.07) is 0.619.